The first-order valence-electron chi connectivity index (χ1n) is 6.84. The molecule has 2 rings (SSSR count). The van der Waals surface area contributed by atoms with Crippen molar-refractivity contribution in [2.24, 2.45) is 5.73 Å². The number of nitrogens with zero attached hydrogens (tertiary/aromatic N) is 1. The van der Waals surface area contributed by atoms with E-state index >= 15 is 0 Å². The maximum atomic E-state index is 11.9. The number of hydrogen-bond acceptors (Lipinski definition) is 3. The van der Waals surface area contributed by atoms with Gasteiger partial charge in [0.05, 0.1) is 6.54 Å². The van der Waals surface area contributed by atoms with Crippen LogP contribution in [0.15, 0.2) is 0 Å². The van der Waals surface area contributed by atoms with Gasteiger partial charge in [-0.1, -0.05) is 25.7 Å². The van der Waals surface area contributed by atoms with Gasteiger partial charge in [-0.05, 0) is 26.3 Å². The molecule has 0 aromatic rings. The van der Waals surface area contributed by atoms with Gasteiger partial charge >= 0.3 is 6.09 Å². The molecule has 4 heteroatoms. The van der Waals surface area contributed by atoms with E-state index in [1.54, 1.807) is 0 Å². The predicted octanol–water partition coefficient (Wildman–Crippen LogP) is 2.27. The molecule has 0 aromatic carbocycles. The molecular formula is C13H24N2O2. The second kappa shape index (κ2) is 5.25. The van der Waals surface area contributed by atoms with Crippen molar-refractivity contribution >= 4 is 6.09 Å². The zero-order chi connectivity index (χ0) is 12.3. The fraction of sp³-hybridized carbons (Fsp3) is 0.923. The van der Waals surface area contributed by atoms with Gasteiger partial charge in [-0.25, -0.2) is 4.79 Å². The Morgan fingerprint density at radius 3 is 2.59 bits per heavy atom. The summed E-state index contributed by atoms with van der Waals surface area (Å²) in [7, 11) is 0. The minimum atomic E-state index is -0.363. The fourth-order valence-electron chi connectivity index (χ4n) is 3.01. The molecule has 1 unspecified atom stereocenters. The number of cyclic esters (lactones) is 1. The molecule has 0 aromatic heterocycles. The van der Waals surface area contributed by atoms with Crippen molar-refractivity contribution < 1.29 is 9.53 Å². The molecule has 17 heavy (non-hydrogen) atoms. The van der Waals surface area contributed by atoms with Crippen LogP contribution in [0.25, 0.3) is 0 Å². The summed E-state index contributed by atoms with van der Waals surface area (Å²) in [6.45, 7) is 3.28. The van der Waals surface area contributed by atoms with Gasteiger partial charge in [0.1, 0.15) is 5.60 Å². The van der Waals surface area contributed by atoms with E-state index in [0.29, 0.717) is 19.1 Å². The van der Waals surface area contributed by atoms with Crippen molar-refractivity contribution in [3.05, 3.63) is 0 Å². The normalized spacial score (nSPS) is 31.4. The van der Waals surface area contributed by atoms with E-state index in [2.05, 4.69) is 0 Å². The summed E-state index contributed by atoms with van der Waals surface area (Å²) in [5.74, 6) is 0. The number of carbonyl (C=O) groups is 1. The monoisotopic (exact) mass is 240 g/mol. The van der Waals surface area contributed by atoms with E-state index in [9.17, 15) is 4.79 Å². The Bertz CT molecular complexity index is 275. The summed E-state index contributed by atoms with van der Waals surface area (Å²) in [5, 5.41) is 0. The molecule has 98 valence electrons. The van der Waals surface area contributed by atoms with Crippen LogP contribution in [0, 0.1) is 0 Å². The molecule has 1 heterocycles. The van der Waals surface area contributed by atoms with Gasteiger partial charge in [0, 0.05) is 12.5 Å². The van der Waals surface area contributed by atoms with Crippen molar-refractivity contribution in [1.29, 1.82) is 0 Å². The second-order valence-electron chi connectivity index (χ2n) is 5.63. The topological polar surface area (TPSA) is 55.6 Å². The van der Waals surface area contributed by atoms with Crippen molar-refractivity contribution in [2.75, 3.05) is 13.1 Å². The molecule has 1 aliphatic carbocycles. The fourth-order valence-corrected chi connectivity index (χ4v) is 3.01. The minimum absolute atomic E-state index is 0.132. The SMILES string of the molecule is CC1(CCN)CN(C2CCCCCC2)C(=O)O1. The molecule has 0 bridgehead atoms. The second-order valence-corrected chi connectivity index (χ2v) is 5.63. The molecule has 0 spiro atoms. The first-order chi connectivity index (χ1) is 8.14. The summed E-state index contributed by atoms with van der Waals surface area (Å²) in [5.41, 5.74) is 5.22. The van der Waals surface area contributed by atoms with Gasteiger partial charge < -0.3 is 15.4 Å². The third-order valence-electron chi connectivity index (χ3n) is 4.01. The van der Waals surface area contributed by atoms with Crippen molar-refractivity contribution in [2.45, 2.75) is 63.5 Å². The Kier molecular flexibility index (Phi) is 3.92. The molecule has 0 radical (unpaired) electrons. The van der Waals surface area contributed by atoms with Crippen LogP contribution in [0.1, 0.15) is 51.9 Å². The molecule has 2 aliphatic rings. The van der Waals surface area contributed by atoms with Gasteiger partial charge in [0.25, 0.3) is 0 Å². The lowest BCUT2D eigenvalue weighted by atomic mass is 10.0. The lowest BCUT2D eigenvalue weighted by Crippen LogP contribution is -2.39. The summed E-state index contributed by atoms with van der Waals surface area (Å²) in [6, 6.07) is 0.393. The van der Waals surface area contributed by atoms with E-state index in [4.69, 9.17) is 10.5 Å². The summed E-state index contributed by atoms with van der Waals surface area (Å²) in [6.07, 6.45) is 7.97. The van der Waals surface area contributed by atoms with Crippen LogP contribution in [0.4, 0.5) is 4.79 Å². The Hall–Kier alpha value is -0.770. The summed E-state index contributed by atoms with van der Waals surface area (Å²) in [4.78, 5) is 13.9. The molecule has 1 aliphatic heterocycles. The Morgan fingerprint density at radius 2 is 2.00 bits per heavy atom. The van der Waals surface area contributed by atoms with Crippen LogP contribution in [-0.4, -0.2) is 35.7 Å². The zero-order valence-electron chi connectivity index (χ0n) is 10.8. The van der Waals surface area contributed by atoms with Crippen molar-refractivity contribution in [1.82, 2.24) is 4.90 Å². The lowest BCUT2D eigenvalue weighted by Gasteiger charge is -2.26. The Balaban J connectivity index is 1.99. The van der Waals surface area contributed by atoms with E-state index in [-0.39, 0.29) is 11.7 Å². The van der Waals surface area contributed by atoms with Crippen LogP contribution in [0.5, 0.6) is 0 Å². The van der Waals surface area contributed by atoms with E-state index in [0.717, 1.165) is 19.3 Å². The quantitative estimate of drug-likeness (QED) is 0.770. The maximum Gasteiger partial charge on any atom is 0.410 e. The molecule has 1 amide bonds. The van der Waals surface area contributed by atoms with Crippen LogP contribution in [0.2, 0.25) is 0 Å². The highest BCUT2D eigenvalue weighted by molar-refractivity contribution is 5.71. The average Bonchev–Trinajstić information content (AvgIpc) is 2.49. The number of nitrogens with two attached hydrogens (primary N) is 1. The van der Waals surface area contributed by atoms with Gasteiger partial charge in [-0.2, -0.15) is 0 Å². The first-order valence-corrected chi connectivity index (χ1v) is 6.84. The summed E-state index contributed by atoms with van der Waals surface area (Å²) < 4.78 is 5.50. The van der Waals surface area contributed by atoms with E-state index in [1.165, 1.54) is 25.7 Å². The van der Waals surface area contributed by atoms with Gasteiger partial charge in [-0.15, -0.1) is 0 Å². The number of amides is 1. The molecule has 2 fully saturated rings. The number of carbonyl (C=O) groups excluding carboxylic acids is 1. The number of ether oxygens (including phenoxy) is 1. The first kappa shape index (κ1) is 12.7. The smallest absolute Gasteiger partial charge is 0.410 e. The van der Waals surface area contributed by atoms with E-state index in [1.807, 2.05) is 11.8 Å². The van der Waals surface area contributed by atoms with Crippen LogP contribution >= 0.6 is 0 Å². The Labute approximate surface area is 103 Å². The van der Waals surface area contributed by atoms with Gasteiger partial charge in [0.2, 0.25) is 0 Å². The Morgan fingerprint density at radius 1 is 1.35 bits per heavy atom. The van der Waals surface area contributed by atoms with Gasteiger partial charge in [0.15, 0.2) is 0 Å². The molecule has 4 nitrogen and oxygen atoms in total. The lowest BCUT2D eigenvalue weighted by molar-refractivity contribution is 0.0667. The van der Waals surface area contributed by atoms with Gasteiger partial charge in [-0.3, -0.25) is 0 Å². The highest BCUT2D eigenvalue weighted by Crippen LogP contribution is 2.31. The third-order valence-corrected chi connectivity index (χ3v) is 4.01. The van der Waals surface area contributed by atoms with Crippen molar-refractivity contribution in [3.63, 3.8) is 0 Å². The highest BCUT2D eigenvalue weighted by atomic mass is 16.6. The standard InChI is InChI=1S/C13H24N2O2/c1-13(8-9-14)10-15(12(16)17-13)11-6-4-2-3-5-7-11/h11H,2-10,14H2,1H3. The van der Waals surface area contributed by atoms with E-state index < -0.39 is 0 Å². The average molecular weight is 240 g/mol. The van der Waals surface area contributed by atoms with Crippen molar-refractivity contribution in [3.8, 4) is 0 Å². The molecule has 2 N–H and O–H groups in total. The largest absolute Gasteiger partial charge is 0.441 e. The molecule has 1 saturated heterocycles. The minimum Gasteiger partial charge on any atom is -0.441 e. The maximum absolute atomic E-state index is 11.9. The number of hydrogen-bond donors (Lipinski definition) is 1. The van der Waals surface area contributed by atoms with Crippen LogP contribution in [0.3, 0.4) is 0 Å². The third kappa shape index (κ3) is 2.92. The molecule has 1 saturated carbocycles. The highest BCUT2D eigenvalue weighted by Gasteiger charge is 2.43. The molecular weight excluding hydrogens is 216 g/mol. The summed E-state index contributed by atoms with van der Waals surface area (Å²) >= 11 is 0. The zero-order valence-corrected chi connectivity index (χ0v) is 10.8. The van der Waals surface area contributed by atoms with Crippen LogP contribution < -0.4 is 5.73 Å². The molecule has 1 atom stereocenters. The van der Waals surface area contributed by atoms with Crippen LogP contribution in [-0.2, 0) is 4.74 Å². The predicted molar refractivity (Wildman–Crippen MR) is 66.8 cm³/mol. The number of rotatable bonds is 3.